The van der Waals surface area contributed by atoms with E-state index in [0.717, 1.165) is 0 Å². The van der Waals surface area contributed by atoms with Gasteiger partial charge in [-0.25, -0.2) is 9.78 Å². The van der Waals surface area contributed by atoms with Crippen LogP contribution in [0.1, 0.15) is 36.1 Å². The Hall–Kier alpha value is -3.05. The van der Waals surface area contributed by atoms with Gasteiger partial charge in [0.2, 0.25) is 17.6 Å². The molecule has 4 atom stereocenters. The molecular formula is C19H20N4O6S. The number of fused-ring (bicyclic) bond motifs is 2. The largest absolute Gasteiger partial charge is 0.477 e. The number of hydrogen-bond acceptors (Lipinski definition) is 7. The summed E-state index contributed by atoms with van der Waals surface area (Å²) in [6.07, 6.45) is 2.26. The number of aliphatic hydroxyl groups excluding tert-OH is 1. The van der Waals surface area contributed by atoms with Crippen molar-refractivity contribution in [3.63, 3.8) is 0 Å². The number of carbonyl (C=O) groups excluding carboxylic acids is 3. The lowest BCUT2D eigenvalue weighted by Crippen LogP contribution is -2.63. The van der Waals surface area contributed by atoms with Gasteiger partial charge in [-0.05, 0) is 6.92 Å². The van der Waals surface area contributed by atoms with Gasteiger partial charge in [0.05, 0.1) is 29.5 Å². The maximum atomic E-state index is 12.5. The highest BCUT2D eigenvalue weighted by Gasteiger charge is 2.60. The molecule has 0 bridgehead atoms. The van der Waals surface area contributed by atoms with Crippen LogP contribution < -0.4 is 5.32 Å². The van der Waals surface area contributed by atoms with Crippen molar-refractivity contribution < 1.29 is 29.4 Å². The number of rotatable bonds is 6. The number of imidazole rings is 1. The van der Waals surface area contributed by atoms with Gasteiger partial charge in [0, 0.05) is 24.6 Å². The molecule has 4 rings (SSSR count). The standard InChI is InChI=1S/C19H20N4O6S/c1-7-12(16(19(28)29)23-15(7)13(8(2)24)17(23)27)11-5-22-6-21-14(18(22)30-11)10(26)4-20-9(3)25/h5-8,13,15,24H,4H2,1-3H3,(H,20,25)(H,28,29)/t7-,8+,13+,15+/m0/s1. The van der Waals surface area contributed by atoms with Crippen molar-refractivity contribution in [3.05, 3.63) is 28.8 Å². The Morgan fingerprint density at radius 3 is 2.67 bits per heavy atom. The highest BCUT2D eigenvalue weighted by Crippen LogP contribution is 2.51. The maximum Gasteiger partial charge on any atom is 0.352 e. The van der Waals surface area contributed by atoms with Crippen molar-refractivity contribution in [2.45, 2.75) is 32.9 Å². The molecule has 2 aliphatic rings. The van der Waals surface area contributed by atoms with E-state index in [-0.39, 0.29) is 35.5 Å². The van der Waals surface area contributed by atoms with Crippen molar-refractivity contribution in [3.8, 4) is 0 Å². The van der Waals surface area contributed by atoms with E-state index < -0.39 is 29.9 Å². The second-order valence-electron chi connectivity index (χ2n) is 7.56. The third-order valence-corrected chi connectivity index (χ3v) is 6.76. The number of hydrogen-bond donors (Lipinski definition) is 3. The predicted octanol–water partition coefficient (Wildman–Crippen LogP) is 0.368. The molecule has 0 spiro atoms. The number of carboxylic acids is 1. The van der Waals surface area contributed by atoms with E-state index in [0.29, 0.717) is 15.3 Å². The summed E-state index contributed by atoms with van der Waals surface area (Å²) in [5.41, 5.74) is 0.597. The van der Waals surface area contributed by atoms with Gasteiger partial charge < -0.3 is 20.4 Å². The molecule has 0 aromatic carbocycles. The van der Waals surface area contributed by atoms with E-state index in [2.05, 4.69) is 10.3 Å². The number of thiazole rings is 1. The van der Waals surface area contributed by atoms with Crippen LogP contribution in [0.2, 0.25) is 0 Å². The van der Waals surface area contributed by atoms with Crippen LogP contribution in [0.15, 0.2) is 18.2 Å². The molecule has 2 aromatic rings. The summed E-state index contributed by atoms with van der Waals surface area (Å²) in [6, 6.07) is -0.418. The molecule has 0 saturated carbocycles. The third-order valence-electron chi connectivity index (χ3n) is 5.61. The minimum Gasteiger partial charge on any atom is -0.477 e. The first-order chi connectivity index (χ1) is 14.1. The number of aromatic nitrogens is 2. The normalized spacial score (nSPS) is 24.1. The topological polar surface area (TPSA) is 141 Å². The zero-order valence-corrected chi connectivity index (χ0v) is 17.3. The van der Waals surface area contributed by atoms with Gasteiger partial charge in [-0.15, -0.1) is 11.3 Å². The van der Waals surface area contributed by atoms with Gasteiger partial charge in [0.1, 0.15) is 22.5 Å². The Bertz CT molecular complexity index is 1130. The van der Waals surface area contributed by atoms with E-state index in [1.54, 1.807) is 10.6 Å². The van der Waals surface area contributed by atoms with Crippen LogP contribution in [-0.4, -0.2) is 66.8 Å². The molecule has 1 saturated heterocycles. The molecule has 1 fully saturated rings. The minimum absolute atomic E-state index is 0.0852. The van der Waals surface area contributed by atoms with E-state index in [9.17, 15) is 29.4 Å². The smallest absolute Gasteiger partial charge is 0.352 e. The number of nitrogens with one attached hydrogen (secondary N) is 1. The van der Waals surface area contributed by atoms with Crippen LogP contribution in [0.5, 0.6) is 0 Å². The number of ketones is 1. The van der Waals surface area contributed by atoms with Gasteiger partial charge in [-0.3, -0.25) is 18.8 Å². The van der Waals surface area contributed by atoms with Crippen LogP contribution in [-0.2, 0) is 14.4 Å². The lowest BCUT2D eigenvalue weighted by atomic mass is 9.77. The third kappa shape index (κ3) is 2.84. The molecule has 0 aliphatic carbocycles. The summed E-state index contributed by atoms with van der Waals surface area (Å²) < 4.78 is 1.63. The van der Waals surface area contributed by atoms with Crippen molar-refractivity contribution in [2.24, 2.45) is 11.8 Å². The fourth-order valence-corrected chi connectivity index (χ4v) is 5.53. The Morgan fingerprint density at radius 2 is 2.07 bits per heavy atom. The Kier molecular flexibility index (Phi) is 4.74. The van der Waals surface area contributed by atoms with Gasteiger partial charge in [-0.2, -0.15) is 0 Å². The van der Waals surface area contributed by atoms with Crippen LogP contribution in [0.4, 0.5) is 0 Å². The molecule has 4 heterocycles. The first-order valence-electron chi connectivity index (χ1n) is 9.36. The van der Waals surface area contributed by atoms with Gasteiger partial charge in [0.25, 0.3) is 0 Å². The van der Waals surface area contributed by atoms with Gasteiger partial charge in [0.15, 0.2) is 0 Å². The fraction of sp³-hybridized carbons (Fsp3) is 0.421. The average Bonchev–Trinajstić information content (AvgIpc) is 3.29. The van der Waals surface area contributed by atoms with E-state index in [1.807, 2.05) is 6.92 Å². The molecule has 2 amide bonds. The summed E-state index contributed by atoms with van der Waals surface area (Å²) in [7, 11) is 0. The van der Waals surface area contributed by atoms with Gasteiger partial charge >= 0.3 is 5.97 Å². The molecule has 2 aromatic heterocycles. The van der Waals surface area contributed by atoms with E-state index in [4.69, 9.17) is 0 Å². The number of nitrogens with zero attached hydrogens (tertiary/aromatic N) is 3. The van der Waals surface area contributed by atoms with Crippen molar-refractivity contribution in [1.82, 2.24) is 19.6 Å². The lowest BCUT2D eigenvalue weighted by Gasteiger charge is -2.46. The SMILES string of the molecule is CC(=O)NCC(=O)c1ncn2cc(C3=C(C(=O)O)N4C(=O)[C@H]([C@@H](C)O)[C@H]4[C@H]3C)sc12. The molecule has 158 valence electrons. The van der Waals surface area contributed by atoms with Crippen LogP contribution >= 0.6 is 11.3 Å². The average molecular weight is 432 g/mol. The number of aliphatic carboxylic acids is 1. The second kappa shape index (κ2) is 7.03. The quantitative estimate of drug-likeness (QED) is 0.442. The summed E-state index contributed by atoms with van der Waals surface area (Å²) in [6.45, 7) is 4.49. The lowest BCUT2D eigenvalue weighted by molar-refractivity contribution is -0.163. The maximum absolute atomic E-state index is 12.5. The Labute approximate surface area is 174 Å². The number of carbonyl (C=O) groups is 4. The molecular weight excluding hydrogens is 412 g/mol. The molecule has 10 nitrogen and oxygen atoms in total. The molecule has 2 aliphatic heterocycles. The van der Waals surface area contributed by atoms with Crippen LogP contribution in [0.25, 0.3) is 10.4 Å². The zero-order chi connectivity index (χ0) is 21.9. The summed E-state index contributed by atoms with van der Waals surface area (Å²) in [5, 5.41) is 22.2. The molecule has 30 heavy (non-hydrogen) atoms. The number of Topliss-reactive ketones (excluding diaryl/α,β-unsaturated/α-hetero) is 1. The number of aliphatic hydroxyl groups is 1. The monoisotopic (exact) mass is 432 g/mol. The molecule has 3 N–H and O–H groups in total. The first kappa shape index (κ1) is 20.2. The zero-order valence-electron chi connectivity index (χ0n) is 16.4. The summed E-state index contributed by atoms with van der Waals surface area (Å²) in [4.78, 5) is 54.5. The van der Waals surface area contributed by atoms with Crippen molar-refractivity contribution in [2.75, 3.05) is 6.54 Å². The van der Waals surface area contributed by atoms with Crippen LogP contribution in [0, 0.1) is 11.8 Å². The van der Waals surface area contributed by atoms with Gasteiger partial charge in [-0.1, -0.05) is 6.92 Å². The van der Waals surface area contributed by atoms with Crippen molar-refractivity contribution >= 4 is 45.3 Å². The van der Waals surface area contributed by atoms with Crippen molar-refractivity contribution in [1.29, 1.82) is 0 Å². The summed E-state index contributed by atoms with van der Waals surface area (Å²) >= 11 is 1.20. The van der Waals surface area contributed by atoms with E-state index >= 15 is 0 Å². The highest BCUT2D eigenvalue weighted by molar-refractivity contribution is 7.18. The Balaban J connectivity index is 1.75. The Morgan fingerprint density at radius 1 is 1.37 bits per heavy atom. The minimum atomic E-state index is -1.21. The van der Waals surface area contributed by atoms with Crippen LogP contribution in [0.3, 0.4) is 0 Å². The number of amides is 2. The second-order valence-corrected chi connectivity index (χ2v) is 8.59. The summed E-state index contributed by atoms with van der Waals surface area (Å²) in [5.74, 6) is -3.25. The highest BCUT2D eigenvalue weighted by atomic mass is 32.1. The number of carboxylic acid groups (broad SMARTS) is 1. The molecule has 0 radical (unpaired) electrons. The molecule has 0 unspecified atom stereocenters. The van der Waals surface area contributed by atoms with E-state index in [1.165, 1.54) is 36.4 Å². The number of β-lactam (4-membered cyclic amide) rings is 1. The molecule has 11 heteroatoms. The fourth-order valence-electron chi connectivity index (χ4n) is 4.30. The first-order valence-corrected chi connectivity index (χ1v) is 10.2. The predicted molar refractivity (Wildman–Crippen MR) is 106 cm³/mol.